The molecule has 1 heterocycles. The lowest BCUT2D eigenvalue weighted by molar-refractivity contribution is -0.905. The van der Waals surface area contributed by atoms with Gasteiger partial charge in [0.25, 0.3) is 0 Å². The molecule has 0 saturated carbocycles. The van der Waals surface area contributed by atoms with E-state index in [0.29, 0.717) is 12.1 Å². The van der Waals surface area contributed by atoms with Gasteiger partial charge in [-0.1, -0.05) is 0 Å². The first-order chi connectivity index (χ1) is 4.22. The third-order valence-corrected chi connectivity index (χ3v) is 2.17. The molecule has 1 saturated heterocycles. The Morgan fingerprint density at radius 1 is 1.33 bits per heavy atom. The predicted octanol–water partition coefficient (Wildman–Crippen LogP) is -0.957. The summed E-state index contributed by atoms with van der Waals surface area (Å²) >= 11 is 0. The smallest absolute Gasteiger partial charge is 0.0735 e. The van der Waals surface area contributed by atoms with Crippen LogP contribution in [0.2, 0.25) is 0 Å². The molecular formula is C7H16N2. The van der Waals surface area contributed by atoms with Crippen LogP contribution >= 0.6 is 0 Å². The van der Waals surface area contributed by atoms with Crippen molar-refractivity contribution in [1.82, 2.24) is 5.32 Å². The minimum absolute atomic E-state index is 0.675. The van der Waals surface area contributed by atoms with E-state index in [4.69, 9.17) is 0 Å². The van der Waals surface area contributed by atoms with Crippen LogP contribution < -0.4 is 10.2 Å². The standard InChI is InChI=1S/C7H16N2/c1-6-4-8-5-7(2)9(6)3/h6-9H,3-5H2,1-2H3/t6-,7+. The van der Waals surface area contributed by atoms with Crippen molar-refractivity contribution < 1.29 is 4.90 Å². The van der Waals surface area contributed by atoms with Gasteiger partial charge in [-0.05, 0) is 13.8 Å². The molecule has 2 nitrogen and oxygen atoms in total. The maximum atomic E-state index is 4.04. The molecule has 0 aliphatic carbocycles. The molecular weight excluding hydrogens is 112 g/mol. The summed E-state index contributed by atoms with van der Waals surface area (Å²) in [5.41, 5.74) is 0. The van der Waals surface area contributed by atoms with Gasteiger partial charge in [-0.25, -0.2) is 0 Å². The summed E-state index contributed by atoms with van der Waals surface area (Å²) in [7, 11) is 4.04. The second-order valence-electron chi connectivity index (χ2n) is 3.04. The zero-order valence-corrected chi connectivity index (χ0v) is 6.28. The van der Waals surface area contributed by atoms with Crippen molar-refractivity contribution in [2.75, 3.05) is 13.1 Å². The number of rotatable bonds is 0. The van der Waals surface area contributed by atoms with Crippen LogP contribution in [0.1, 0.15) is 13.8 Å². The zero-order chi connectivity index (χ0) is 6.85. The van der Waals surface area contributed by atoms with Gasteiger partial charge in [0.05, 0.1) is 12.1 Å². The molecule has 1 aliphatic heterocycles. The van der Waals surface area contributed by atoms with Crippen LogP contribution in [-0.2, 0) is 0 Å². The Hall–Kier alpha value is -0.0800. The van der Waals surface area contributed by atoms with E-state index >= 15 is 0 Å². The minimum atomic E-state index is 0.675. The van der Waals surface area contributed by atoms with Crippen LogP contribution in [0.15, 0.2) is 0 Å². The van der Waals surface area contributed by atoms with Gasteiger partial charge in [-0.2, -0.15) is 7.05 Å². The SMILES string of the molecule is [CH2-][NH+]1[C@H](C)CNC[C@@H]1C. The highest BCUT2D eigenvalue weighted by atomic mass is 15.2. The fourth-order valence-electron chi connectivity index (χ4n) is 1.26. The van der Waals surface area contributed by atoms with Crippen molar-refractivity contribution in [3.63, 3.8) is 0 Å². The van der Waals surface area contributed by atoms with Gasteiger partial charge in [-0.15, -0.1) is 0 Å². The van der Waals surface area contributed by atoms with Crippen LogP contribution in [0.3, 0.4) is 0 Å². The average Bonchev–Trinajstić information content (AvgIpc) is 1.83. The first-order valence-corrected chi connectivity index (χ1v) is 3.61. The van der Waals surface area contributed by atoms with Gasteiger partial charge in [0, 0.05) is 13.1 Å². The van der Waals surface area contributed by atoms with Crippen LogP contribution in [0.4, 0.5) is 0 Å². The molecule has 0 bridgehead atoms. The van der Waals surface area contributed by atoms with Crippen LogP contribution in [0.5, 0.6) is 0 Å². The predicted molar refractivity (Wildman–Crippen MR) is 38.1 cm³/mol. The topological polar surface area (TPSA) is 16.5 Å². The second-order valence-corrected chi connectivity index (χ2v) is 3.04. The molecule has 0 aromatic heterocycles. The third-order valence-electron chi connectivity index (χ3n) is 2.17. The summed E-state index contributed by atoms with van der Waals surface area (Å²) in [6.07, 6.45) is 0. The van der Waals surface area contributed by atoms with E-state index in [9.17, 15) is 0 Å². The van der Waals surface area contributed by atoms with Gasteiger partial charge >= 0.3 is 0 Å². The van der Waals surface area contributed by atoms with E-state index in [1.54, 1.807) is 0 Å². The Balaban J connectivity index is 2.41. The van der Waals surface area contributed by atoms with E-state index in [2.05, 4.69) is 26.2 Å². The van der Waals surface area contributed by atoms with E-state index in [-0.39, 0.29) is 0 Å². The van der Waals surface area contributed by atoms with E-state index in [1.165, 1.54) is 4.90 Å². The van der Waals surface area contributed by atoms with Crippen LogP contribution in [-0.4, -0.2) is 25.2 Å². The first kappa shape index (κ1) is 7.03. The maximum Gasteiger partial charge on any atom is 0.0735 e. The molecule has 2 N–H and O–H groups in total. The molecule has 9 heavy (non-hydrogen) atoms. The lowest BCUT2D eigenvalue weighted by Gasteiger charge is -2.38. The Bertz CT molecular complexity index is 82.9. The zero-order valence-electron chi connectivity index (χ0n) is 6.28. The number of hydrogen-bond acceptors (Lipinski definition) is 1. The molecule has 0 amide bonds. The summed E-state index contributed by atoms with van der Waals surface area (Å²) < 4.78 is 0. The van der Waals surface area contributed by atoms with Gasteiger partial charge in [0.1, 0.15) is 0 Å². The molecule has 0 spiro atoms. The highest BCUT2D eigenvalue weighted by Gasteiger charge is 2.19. The summed E-state index contributed by atoms with van der Waals surface area (Å²) in [5, 5.41) is 3.35. The monoisotopic (exact) mass is 128 g/mol. The van der Waals surface area contributed by atoms with Crippen molar-refractivity contribution in [3.05, 3.63) is 7.05 Å². The second kappa shape index (κ2) is 2.67. The first-order valence-electron chi connectivity index (χ1n) is 3.61. The Kier molecular flexibility index (Phi) is 2.09. The van der Waals surface area contributed by atoms with E-state index in [1.807, 2.05) is 0 Å². The van der Waals surface area contributed by atoms with Crippen molar-refractivity contribution in [2.24, 2.45) is 0 Å². The van der Waals surface area contributed by atoms with Gasteiger partial charge in [0.2, 0.25) is 0 Å². The molecule has 1 aliphatic rings. The van der Waals surface area contributed by atoms with Crippen molar-refractivity contribution >= 4 is 0 Å². The third kappa shape index (κ3) is 1.43. The largest absolute Gasteiger partial charge is 0.461 e. The van der Waals surface area contributed by atoms with E-state index in [0.717, 1.165) is 13.1 Å². The lowest BCUT2D eigenvalue weighted by atomic mass is 10.1. The molecule has 1 unspecified atom stereocenters. The van der Waals surface area contributed by atoms with Crippen molar-refractivity contribution in [1.29, 1.82) is 0 Å². The number of piperazine rings is 1. The quantitative estimate of drug-likeness (QED) is 0.402. The Labute approximate surface area is 57.2 Å². The van der Waals surface area contributed by atoms with Gasteiger partial charge < -0.3 is 10.2 Å². The van der Waals surface area contributed by atoms with Gasteiger partial charge in [0.15, 0.2) is 0 Å². The average molecular weight is 128 g/mol. The molecule has 2 heteroatoms. The summed E-state index contributed by atoms with van der Waals surface area (Å²) in [6, 6.07) is 1.35. The van der Waals surface area contributed by atoms with Crippen LogP contribution in [0, 0.1) is 7.05 Å². The van der Waals surface area contributed by atoms with Gasteiger partial charge in [-0.3, -0.25) is 0 Å². The summed E-state index contributed by atoms with van der Waals surface area (Å²) in [4.78, 5) is 1.41. The fourth-order valence-corrected chi connectivity index (χ4v) is 1.26. The van der Waals surface area contributed by atoms with Crippen molar-refractivity contribution in [3.8, 4) is 0 Å². The molecule has 54 valence electrons. The van der Waals surface area contributed by atoms with Crippen molar-refractivity contribution in [2.45, 2.75) is 25.9 Å². The van der Waals surface area contributed by atoms with Crippen LogP contribution in [0.25, 0.3) is 0 Å². The lowest BCUT2D eigenvalue weighted by Crippen LogP contribution is -3.17. The highest BCUT2D eigenvalue weighted by Crippen LogP contribution is 1.83. The minimum Gasteiger partial charge on any atom is -0.461 e. The molecule has 1 fully saturated rings. The maximum absolute atomic E-state index is 4.04. The normalized spacial score (nSPS) is 45.0. The number of nitrogens with one attached hydrogen (secondary N) is 2. The Morgan fingerprint density at radius 3 is 2.11 bits per heavy atom. The summed E-state index contributed by atoms with van der Waals surface area (Å²) in [6.45, 7) is 6.68. The summed E-state index contributed by atoms with van der Waals surface area (Å²) in [5.74, 6) is 0. The molecule has 0 radical (unpaired) electrons. The fraction of sp³-hybridized carbons (Fsp3) is 0.857. The number of hydrogen-bond donors (Lipinski definition) is 2. The molecule has 1 rings (SSSR count). The highest BCUT2D eigenvalue weighted by molar-refractivity contribution is 4.64. The Morgan fingerprint density at radius 2 is 1.78 bits per heavy atom. The van der Waals surface area contributed by atoms with E-state index < -0.39 is 0 Å². The molecule has 3 atom stereocenters. The number of quaternary nitrogens is 1. The molecule has 0 aromatic rings. The molecule has 0 aromatic carbocycles.